The quantitative estimate of drug-likeness (QED) is 0.105. The van der Waals surface area contributed by atoms with Gasteiger partial charge in [0.1, 0.15) is 36.3 Å². The average molecular weight is 713 g/mol. The van der Waals surface area contributed by atoms with Crippen molar-refractivity contribution >= 4 is 17.6 Å². The van der Waals surface area contributed by atoms with Crippen molar-refractivity contribution in [2.45, 2.75) is 63.7 Å². The monoisotopic (exact) mass is 712 g/mol. The molecule has 2 unspecified atom stereocenters. The average Bonchev–Trinajstić information content (AvgIpc) is 3.66. The summed E-state index contributed by atoms with van der Waals surface area (Å²) in [6.07, 6.45) is -1.95. The van der Waals surface area contributed by atoms with E-state index in [1.165, 1.54) is 17.0 Å². The molecule has 1 saturated heterocycles. The van der Waals surface area contributed by atoms with Crippen LogP contribution in [0.2, 0.25) is 0 Å². The van der Waals surface area contributed by atoms with Gasteiger partial charge in [-0.15, -0.1) is 11.3 Å². The van der Waals surface area contributed by atoms with Crippen LogP contribution >= 0.6 is 11.3 Å². The van der Waals surface area contributed by atoms with E-state index < -0.39 is 30.5 Å². The zero-order chi connectivity index (χ0) is 35.7. The molecule has 1 aromatic heterocycles. The molecule has 5 atom stereocenters. The third kappa shape index (κ3) is 8.81. The number of benzene rings is 5. The summed E-state index contributed by atoms with van der Waals surface area (Å²) in [5, 5.41) is 0. The fraction of sp³-hybridized carbons (Fsp3) is 0.222. The Balaban J connectivity index is 1.21. The molecule has 0 aliphatic carbocycles. The maximum absolute atomic E-state index is 13.6. The maximum Gasteiger partial charge on any atom is 0.151 e. The summed E-state index contributed by atoms with van der Waals surface area (Å²) >= 11 is 1.69. The molecule has 52 heavy (non-hydrogen) atoms. The zero-order valence-corrected chi connectivity index (χ0v) is 29.8. The summed E-state index contributed by atoms with van der Waals surface area (Å²) in [6, 6.07) is 47.0. The molecule has 0 amide bonds. The molecule has 7 heteroatoms. The van der Waals surface area contributed by atoms with Gasteiger partial charge in [-0.3, -0.25) is 0 Å². The van der Waals surface area contributed by atoms with Crippen LogP contribution in [0, 0.1) is 12.7 Å². The van der Waals surface area contributed by atoms with Gasteiger partial charge >= 0.3 is 0 Å². The lowest BCUT2D eigenvalue weighted by atomic mass is 9.89. The molecule has 0 N–H and O–H groups in total. The molecule has 1 fully saturated rings. The van der Waals surface area contributed by atoms with Gasteiger partial charge in [0.05, 0.1) is 19.8 Å². The van der Waals surface area contributed by atoms with E-state index in [0.717, 1.165) is 50.1 Å². The van der Waals surface area contributed by atoms with Gasteiger partial charge in [-0.1, -0.05) is 121 Å². The van der Waals surface area contributed by atoms with Crippen molar-refractivity contribution in [2.75, 3.05) is 0 Å². The molecule has 5 aromatic carbocycles. The summed E-state index contributed by atoms with van der Waals surface area (Å²) < 4.78 is 40.3. The van der Waals surface area contributed by atoms with Crippen molar-refractivity contribution < 1.29 is 28.1 Å². The van der Waals surface area contributed by atoms with Gasteiger partial charge in [-0.25, -0.2) is 4.39 Å². The molecule has 7 rings (SSSR count). The number of halogens is 1. The van der Waals surface area contributed by atoms with Crippen LogP contribution in [0.25, 0.3) is 10.4 Å². The van der Waals surface area contributed by atoms with Gasteiger partial charge in [0, 0.05) is 16.2 Å². The summed E-state index contributed by atoms with van der Waals surface area (Å²) in [6.45, 7) is 3.03. The molecule has 1 aliphatic heterocycles. The fourth-order valence-corrected chi connectivity index (χ4v) is 7.63. The number of aryl methyl sites for hydroxylation is 1. The molecule has 6 aromatic rings. The summed E-state index contributed by atoms with van der Waals surface area (Å²) in [7, 11) is 0. The van der Waals surface area contributed by atoms with Gasteiger partial charge in [0.15, 0.2) is 6.29 Å². The van der Waals surface area contributed by atoms with E-state index in [0.29, 0.717) is 19.6 Å². The Kier molecular flexibility index (Phi) is 11.8. The normalized spacial score (nSPS) is 20.1. The smallest absolute Gasteiger partial charge is 0.151 e. The molecule has 0 saturated carbocycles. The summed E-state index contributed by atoms with van der Waals surface area (Å²) in [4.78, 5) is 15.1. The minimum absolute atomic E-state index is 0.248. The number of hydrogen-bond donors (Lipinski definition) is 0. The lowest BCUT2D eigenvalue weighted by molar-refractivity contribution is -0.259. The molecule has 264 valence electrons. The van der Waals surface area contributed by atoms with Gasteiger partial charge in [0.25, 0.3) is 0 Å². The first-order chi connectivity index (χ1) is 25.5. The standard InChI is InChI=1S/C45H41FO5S/c1-31-17-18-36(25-37(31)26-39-23-24-41(52-39)35-19-21-38(46)22-20-35)42-44(49-29-33-13-7-3-8-14-33)45(50-30-34-15-9-4-10-16-34)43(40(27-47)51-42)48-28-32-11-5-2-6-12-32/h2-25,27,40,42-45H,26,28-30H2,1H3/t40-,42+,43-,44?,45?/m1/s1. The summed E-state index contributed by atoms with van der Waals surface area (Å²) in [5.41, 5.74) is 7.18. The predicted molar refractivity (Wildman–Crippen MR) is 202 cm³/mol. The van der Waals surface area contributed by atoms with E-state index in [1.54, 1.807) is 11.3 Å². The number of rotatable bonds is 14. The van der Waals surface area contributed by atoms with Crippen LogP contribution in [0.1, 0.15) is 44.4 Å². The molecule has 0 spiro atoms. The van der Waals surface area contributed by atoms with E-state index in [2.05, 4.69) is 37.3 Å². The Morgan fingerprint density at radius 1 is 0.654 bits per heavy atom. The third-order valence-electron chi connectivity index (χ3n) is 9.42. The molecular weight excluding hydrogens is 672 g/mol. The molecule has 5 nitrogen and oxygen atoms in total. The molecule has 2 heterocycles. The molecule has 0 bridgehead atoms. The van der Waals surface area contributed by atoms with E-state index >= 15 is 0 Å². The van der Waals surface area contributed by atoms with Crippen LogP contribution in [0.5, 0.6) is 0 Å². The second-order valence-corrected chi connectivity index (χ2v) is 14.2. The highest BCUT2D eigenvalue weighted by Crippen LogP contribution is 2.39. The van der Waals surface area contributed by atoms with Crippen LogP contribution in [0.3, 0.4) is 0 Å². The molecule has 0 radical (unpaired) electrons. The highest BCUT2D eigenvalue weighted by Gasteiger charge is 2.49. The Morgan fingerprint density at radius 2 is 1.21 bits per heavy atom. The second kappa shape index (κ2) is 17.2. The summed E-state index contributed by atoms with van der Waals surface area (Å²) in [5.74, 6) is -0.248. The van der Waals surface area contributed by atoms with Crippen LogP contribution in [0.15, 0.2) is 146 Å². The first kappa shape index (κ1) is 35.6. The highest BCUT2D eigenvalue weighted by molar-refractivity contribution is 7.15. The van der Waals surface area contributed by atoms with Crippen LogP contribution < -0.4 is 0 Å². The van der Waals surface area contributed by atoms with Crippen molar-refractivity contribution in [2.24, 2.45) is 0 Å². The van der Waals surface area contributed by atoms with Crippen molar-refractivity contribution in [3.63, 3.8) is 0 Å². The van der Waals surface area contributed by atoms with E-state index in [4.69, 9.17) is 18.9 Å². The van der Waals surface area contributed by atoms with Crippen molar-refractivity contribution in [3.8, 4) is 10.4 Å². The minimum Gasteiger partial charge on any atom is -0.368 e. The van der Waals surface area contributed by atoms with Crippen molar-refractivity contribution in [1.82, 2.24) is 0 Å². The minimum atomic E-state index is -0.897. The number of aldehydes is 1. The van der Waals surface area contributed by atoms with Crippen LogP contribution in [-0.4, -0.2) is 30.7 Å². The number of carbonyl (C=O) groups is 1. The zero-order valence-electron chi connectivity index (χ0n) is 29.0. The largest absolute Gasteiger partial charge is 0.368 e. The number of carbonyl (C=O) groups excluding carboxylic acids is 1. The van der Waals surface area contributed by atoms with Crippen LogP contribution in [0.4, 0.5) is 4.39 Å². The first-order valence-electron chi connectivity index (χ1n) is 17.6. The second-order valence-electron chi connectivity index (χ2n) is 13.1. The van der Waals surface area contributed by atoms with E-state index in [1.807, 2.05) is 103 Å². The topological polar surface area (TPSA) is 54.0 Å². The van der Waals surface area contributed by atoms with Crippen molar-refractivity contribution in [1.29, 1.82) is 0 Å². The van der Waals surface area contributed by atoms with Gasteiger partial charge < -0.3 is 23.7 Å². The van der Waals surface area contributed by atoms with Crippen molar-refractivity contribution in [3.05, 3.63) is 190 Å². The maximum atomic E-state index is 13.6. The van der Waals surface area contributed by atoms with Crippen LogP contribution in [-0.2, 0) is 50.0 Å². The Bertz CT molecular complexity index is 2020. The molecule has 1 aliphatic rings. The molecular formula is C45H41FO5S. The predicted octanol–water partition coefficient (Wildman–Crippen LogP) is 9.85. The Morgan fingerprint density at radius 3 is 1.79 bits per heavy atom. The first-order valence-corrected chi connectivity index (χ1v) is 18.4. The van der Waals surface area contributed by atoms with Gasteiger partial charge in [0.2, 0.25) is 0 Å². The number of thiophene rings is 1. The third-order valence-corrected chi connectivity index (χ3v) is 10.6. The lowest BCUT2D eigenvalue weighted by Crippen LogP contribution is -2.57. The lowest BCUT2D eigenvalue weighted by Gasteiger charge is -2.45. The number of hydrogen-bond acceptors (Lipinski definition) is 6. The Labute approximate surface area is 308 Å². The van der Waals surface area contributed by atoms with E-state index in [9.17, 15) is 9.18 Å². The van der Waals surface area contributed by atoms with E-state index in [-0.39, 0.29) is 12.4 Å². The number of ether oxygens (including phenoxy) is 4. The fourth-order valence-electron chi connectivity index (χ4n) is 6.60. The van der Waals surface area contributed by atoms with Gasteiger partial charge in [-0.05, 0) is 70.1 Å². The SMILES string of the molecule is Cc1ccc([C@@H]2O[C@H](C=O)[C@@H](OCc3ccccc3)C(OCc3ccccc3)C2OCc2ccccc2)cc1Cc1ccc(-c2ccc(F)cc2)s1. The highest BCUT2D eigenvalue weighted by atomic mass is 32.1. The Hall–Kier alpha value is -4.76. The van der Waals surface area contributed by atoms with Gasteiger partial charge in [-0.2, -0.15) is 0 Å².